The maximum atomic E-state index is 12.0. The fourth-order valence-corrected chi connectivity index (χ4v) is 2.64. The van der Waals surface area contributed by atoms with Crippen LogP contribution < -0.4 is 5.73 Å². The molecule has 1 aromatic rings. The molecule has 90 valence electrons. The number of nitrogens with two attached hydrogens (primary N) is 1. The molecule has 0 aliphatic heterocycles. The van der Waals surface area contributed by atoms with Crippen molar-refractivity contribution >= 4 is 35.0 Å². The van der Waals surface area contributed by atoms with Crippen molar-refractivity contribution in [2.75, 3.05) is 0 Å². The molecule has 2 unspecified atom stereocenters. The van der Waals surface area contributed by atoms with Gasteiger partial charge in [0.05, 0.1) is 5.92 Å². The first-order valence-corrected chi connectivity index (χ1v) is 5.58. The second-order valence-electron chi connectivity index (χ2n) is 3.96. The Morgan fingerprint density at radius 1 is 1.24 bits per heavy atom. The van der Waals surface area contributed by atoms with Gasteiger partial charge in [0.2, 0.25) is 0 Å². The number of hydrogen-bond donors (Lipinski definition) is 2. The predicted molar refractivity (Wildman–Crippen MR) is 63.3 cm³/mol. The molecule has 0 bridgehead atoms. The van der Waals surface area contributed by atoms with Gasteiger partial charge in [-0.2, -0.15) is 0 Å². The molecule has 0 spiro atoms. The number of carbonyl (C=O) groups is 2. The average molecular weight is 274 g/mol. The van der Waals surface area contributed by atoms with Gasteiger partial charge < -0.3 is 10.8 Å². The molecule has 4 nitrogen and oxygen atoms in total. The molecular weight excluding hydrogens is 265 g/mol. The molecule has 0 amide bonds. The highest BCUT2D eigenvalue weighted by molar-refractivity contribution is 6.56. The van der Waals surface area contributed by atoms with Gasteiger partial charge >= 0.3 is 5.97 Å². The molecule has 1 saturated carbocycles. The number of aliphatic carboxylic acids is 1. The van der Waals surface area contributed by atoms with E-state index in [0.717, 1.165) is 0 Å². The summed E-state index contributed by atoms with van der Waals surface area (Å²) in [6.07, 6.45) is 0. The third-order valence-corrected chi connectivity index (χ3v) is 4.02. The van der Waals surface area contributed by atoms with Crippen LogP contribution >= 0.6 is 23.2 Å². The largest absolute Gasteiger partial charge is 0.480 e. The molecule has 1 aliphatic rings. The number of hydrogen-bond acceptors (Lipinski definition) is 3. The number of halogens is 2. The molecule has 3 N–H and O–H groups in total. The lowest BCUT2D eigenvalue weighted by molar-refractivity contribution is -0.140. The molecular formula is C11H9Cl2NO3. The molecule has 0 saturated heterocycles. The number of carboxylic acids is 1. The SMILES string of the molecule is NC1(C(=O)O)C(C(=O)c2ccccc2)C1(Cl)Cl. The highest BCUT2D eigenvalue weighted by Gasteiger charge is 2.82. The first-order valence-electron chi connectivity index (χ1n) is 4.83. The van der Waals surface area contributed by atoms with Crippen LogP contribution in [0, 0.1) is 5.92 Å². The first kappa shape index (κ1) is 12.4. The summed E-state index contributed by atoms with van der Waals surface area (Å²) in [6.45, 7) is 0. The molecule has 2 rings (SSSR count). The van der Waals surface area contributed by atoms with Crippen LogP contribution in [0.3, 0.4) is 0 Å². The van der Waals surface area contributed by atoms with Crippen molar-refractivity contribution in [1.82, 2.24) is 0 Å². The van der Waals surface area contributed by atoms with Crippen LogP contribution in [0.15, 0.2) is 30.3 Å². The Morgan fingerprint density at radius 3 is 2.18 bits per heavy atom. The Labute approximate surface area is 107 Å². The Morgan fingerprint density at radius 2 is 1.76 bits per heavy atom. The third-order valence-electron chi connectivity index (χ3n) is 2.96. The van der Waals surface area contributed by atoms with Gasteiger partial charge in [0.25, 0.3) is 0 Å². The number of carbonyl (C=O) groups excluding carboxylic acids is 1. The zero-order valence-corrected chi connectivity index (χ0v) is 10.1. The summed E-state index contributed by atoms with van der Waals surface area (Å²) in [5.74, 6) is -2.96. The average Bonchev–Trinajstić information content (AvgIpc) is 2.75. The molecule has 0 aromatic heterocycles. The predicted octanol–water partition coefficient (Wildman–Crippen LogP) is 1.46. The Hall–Kier alpha value is -1.10. The molecule has 6 heteroatoms. The van der Waals surface area contributed by atoms with Gasteiger partial charge in [-0.1, -0.05) is 53.5 Å². The molecule has 17 heavy (non-hydrogen) atoms. The minimum atomic E-state index is -1.91. The fourth-order valence-electron chi connectivity index (χ4n) is 1.83. The number of ketones is 1. The molecule has 1 fully saturated rings. The Kier molecular flexibility index (Phi) is 2.69. The van der Waals surface area contributed by atoms with Crippen molar-refractivity contribution in [2.24, 2.45) is 11.7 Å². The quantitative estimate of drug-likeness (QED) is 0.645. The summed E-state index contributed by atoms with van der Waals surface area (Å²) in [6, 6.07) is 8.20. The minimum Gasteiger partial charge on any atom is -0.480 e. The summed E-state index contributed by atoms with van der Waals surface area (Å²) in [5, 5.41) is 8.97. The van der Waals surface area contributed by atoms with Crippen molar-refractivity contribution < 1.29 is 14.7 Å². The lowest BCUT2D eigenvalue weighted by Gasteiger charge is -2.03. The number of Topliss-reactive ketones (excluding diaryl/α,β-unsaturated/α-hetero) is 1. The smallest absolute Gasteiger partial charge is 0.327 e. The van der Waals surface area contributed by atoms with Crippen LogP contribution in [0.2, 0.25) is 0 Å². The van der Waals surface area contributed by atoms with Crippen LogP contribution in [0.25, 0.3) is 0 Å². The molecule has 0 heterocycles. The highest BCUT2D eigenvalue weighted by atomic mass is 35.5. The van der Waals surface area contributed by atoms with Gasteiger partial charge in [0, 0.05) is 5.56 Å². The lowest BCUT2D eigenvalue weighted by atomic mass is 10.0. The maximum Gasteiger partial charge on any atom is 0.327 e. The van der Waals surface area contributed by atoms with Gasteiger partial charge in [-0.05, 0) is 0 Å². The van der Waals surface area contributed by atoms with Crippen LogP contribution in [0.1, 0.15) is 10.4 Å². The van der Waals surface area contributed by atoms with E-state index in [1.807, 2.05) is 0 Å². The van der Waals surface area contributed by atoms with E-state index in [4.69, 9.17) is 34.0 Å². The maximum absolute atomic E-state index is 12.0. The van der Waals surface area contributed by atoms with Crippen LogP contribution in [0.5, 0.6) is 0 Å². The van der Waals surface area contributed by atoms with E-state index < -0.39 is 27.5 Å². The van der Waals surface area contributed by atoms with E-state index >= 15 is 0 Å². The summed E-state index contributed by atoms with van der Waals surface area (Å²) >= 11 is 11.6. The summed E-state index contributed by atoms with van der Waals surface area (Å²) in [5.41, 5.74) is 4.00. The minimum absolute atomic E-state index is 0.344. The van der Waals surface area contributed by atoms with Crippen molar-refractivity contribution in [3.8, 4) is 0 Å². The second kappa shape index (κ2) is 3.70. The van der Waals surface area contributed by atoms with Crippen molar-refractivity contribution in [3.63, 3.8) is 0 Å². The fraction of sp³-hybridized carbons (Fsp3) is 0.273. The van der Waals surface area contributed by atoms with E-state index in [-0.39, 0.29) is 0 Å². The Bertz CT molecular complexity index is 489. The number of carboxylic acid groups (broad SMARTS) is 1. The van der Waals surface area contributed by atoms with Crippen LogP contribution in [-0.2, 0) is 4.79 Å². The standard InChI is InChI=1S/C11H9Cl2NO3/c12-11(13)8(10(11,14)9(16)17)7(15)6-4-2-1-3-5-6/h1-5,8H,14H2,(H,16,17). The summed E-state index contributed by atoms with van der Waals surface area (Å²) in [7, 11) is 0. The van der Waals surface area contributed by atoms with Crippen LogP contribution in [0.4, 0.5) is 0 Å². The van der Waals surface area contributed by atoms with Gasteiger partial charge in [0.1, 0.15) is 0 Å². The van der Waals surface area contributed by atoms with E-state index in [1.54, 1.807) is 30.3 Å². The van der Waals surface area contributed by atoms with Gasteiger partial charge in [-0.15, -0.1) is 0 Å². The van der Waals surface area contributed by atoms with Crippen molar-refractivity contribution in [1.29, 1.82) is 0 Å². The highest BCUT2D eigenvalue weighted by Crippen LogP contribution is 2.61. The van der Waals surface area contributed by atoms with Crippen LogP contribution in [-0.4, -0.2) is 26.7 Å². The monoisotopic (exact) mass is 273 g/mol. The molecule has 1 aliphatic carbocycles. The molecule has 0 radical (unpaired) electrons. The molecule has 1 aromatic carbocycles. The first-order chi connectivity index (χ1) is 7.83. The van der Waals surface area contributed by atoms with E-state index in [2.05, 4.69) is 0 Å². The topological polar surface area (TPSA) is 80.4 Å². The number of benzene rings is 1. The summed E-state index contributed by atoms with van der Waals surface area (Å²) < 4.78 is -1.76. The second-order valence-corrected chi connectivity index (χ2v) is 5.35. The van der Waals surface area contributed by atoms with Crippen molar-refractivity contribution in [3.05, 3.63) is 35.9 Å². The van der Waals surface area contributed by atoms with E-state index in [1.165, 1.54) is 0 Å². The van der Waals surface area contributed by atoms with Gasteiger partial charge in [-0.3, -0.25) is 9.59 Å². The Balaban J connectivity index is 2.33. The number of rotatable bonds is 3. The number of alkyl halides is 2. The van der Waals surface area contributed by atoms with Gasteiger partial charge in [0.15, 0.2) is 15.7 Å². The summed E-state index contributed by atoms with van der Waals surface area (Å²) in [4.78, 5) is 23.0. The lowest BCUT2D eigenvalue weighted by Crippen LogP contribution is -2.40. The normalized spacial score (nSPS) is 29.7. The molecule has 2 atom stereocenters. The van der Waals surface area contributed by atoms with Crippen molar-refractivity contribution in [2.45, 2.75) is 9.87 Å². The van der Waals surface area contributed by atoms with E-state index in [0.29, 0.717) is 5.56 Å². The third kappa shape index (κ3) is 1.56. The van der Waals surface area contributed by atoms with E-state index in [9.17, 15) is 9.59 Å². The zero-order valence-electron chi connectivity index (χ0n) is 8.56. The van der Waals surface area contributed by atoms with Gasteiger partial charge in [-0.25, -0.2) is 0 Å². The zero-order chi connectivity index (χ0) is 12.8.